The van der Waals surface area contributed by atoms with Gasteiger partial charge in [0.05, 0.1) is 6.54 Å². The zero-order chi connectivity index (χ0) is 10.5. The van der Waals surface area contributed by atoms with E-state index < -0.39 is 0 Å². The second-order valence-electron chi connectivity index (χ2n) is 4.48. The molecule has 0 spiro atoms. The monoisotopic (exact) mass is 207 g/mol. The lowest BCUT2D eigenvalue weighted by Crippen LogP contribution is -2.14. The average Bonchev–Trinajstić information content (AvgIpc) is 2.96. The minimum Gasteiger partial charge on any atom is -0.465 e. The molecule has 1 N–H and O–H groups in total. The van der Waals surface area contributed by atoms with Crippen LogP contribution in [-0.4, -0.2) is 6.54 Å². The molecule has 15 heavy (non-hydrogen) atoms. The molecule has 2 nitrogen and oxygen atoms in total. The lowest BCUT2D eigenvalue weighted by atomic mass is 10.2. The molecule has 1 fully saturated rings. The third-order valence-electron chi connectivity index (χ3n) is 3.03. The number of hydrogen-bond donors (Lipinski definition) is 1. The molecular formula is C13H21NO. The van der Waals surface area contributed by atoms with Gasteiger partial charge < -0.3 is 9.73 Å². The van der Waals surface area contributed by atoms with Crippen molar-refractivity contribution in [2.75, 3.05) is 6.54 Å². The van der Waals surface area contributed by atoms with E-state index in [4.69, 9.17) is 4.42 Å². The first-order valence-electron chi connectivity index (χ1n) is 6.16. The van der Waals surface area contributed by atoms with Crippen LogP contribution < -0.4 is 5.32 Å². The average molecular weight is 207 g/mol. The summed E-state index contributed by atoms with van der Waals surface area (Å²) >= 11 is 0. The van der Waals surface area contributed by atoms with Gasteiger partial charge in [0.1, 0.15) is 11.5 Å². The van der Waals surface area contributed by atoms with Gasteiger partial charge in [-0.15, -0.1) is 0 Å². The summed E-state index contributed by atoms with van der Waals surface area (Å²) in [5.41, 5.74) is 0. The minimum atomic E-state index is 0.880. The van der Waals surface area contributed by atoms with Crippen LogP contribution in [0.25, 0.3) is 0 Å². The Morgan fingerprint density at radius 3 is 2.80 bits per heavy atom. The fourth-order valence-corrected chi connectivity index (χ4v) is 1.84. The van der Waals surface area contributed by atoms with Crippen LogP contribution in [0.1, 0.15) is 44.1 Å². The molecule has 1 saturated carbocycles. The second kappa shape index (κ2) is 5.36. The van der Waals surface area contributed by atoms with Gasteiger partial charge in [-0.3, -0.25) is 0 Å². The third kappa shape index (κ3) is 3.71. The van der Waals surface area contributed by atoms with Crippen LogP contribution >= 0.6 is 0 Å². The van der Waals surface area contributed by atoms with Crippen molar-refractivity contribution in [3.05, 3.63) is 23.7 Å². The van der Waals surface area contributed by atoms with Crippen molar-refractivity contribution >= 4 is 0 Å². The Hall–Kier alpha value is -0.760. The molecule has 2 heteroatoms. The van der Waals surface area contributed by atoms with Gasteiger partial charge in [-0.25, -0.2) is 0 Å². The highest BCUT2D eigenvalue weighted by atomic mass is 16.3. The number of rotatable bonds is 7. The molecule has 1 heterocycles. The van der Waals surface area contributed by atoms with Gasteiger partial charge in [0.25, 0.3) is 0 Å². The predicted octanol–water partition coefficient (Wildman–Crippen LogP) is 3.12. The lowest BCUT2D eigenvalue weighted by molar-refractivity contribution is 0.447. The van der Waals surface area contributed by atoms with Crippen molar-refractivity contribution in [1.82, 2.24) is 5.32 Å². The van der Waals surface area contributed by atoms with Gasteiger partial charge in [0.15, 0.2) is 0 Å². The number of hydrogen-bond acceptors (Lipinski definition) is 2. The topological polar surface area (TPSA) is 25.2 Å². The van der Waals surface area contributed by atoms with E-state index in [9.17, 15) is 0 Å². The summed E-state index contributed by atoms with van der Waals surface area (Å²) in [4.78, 5) is 0. The highest BCUT2D eigenvalue weighted by Crippen LogP contribution is 2.33. The van der Waals surface area contributed by atoms with E-state index in [-0.39, 0.29) is 0 Å². The number of nitrogens with one attached hydrogen (secondary N) is 1. The molecule has 84 valence electrons. The van der Waals surface area contributed by atoms with E-state index in [0.29, 0.717) is 0 Å². The zero-order valence-corrected chi connectivity index (χ0v) is 9.59. The molecule has 2 rings (SSSR count). The van der Waals surface area contributed by atoms with Gasteiger partial charge in [-0.05, 0) is 37.4 Å². The van der Waals surface area contributed by atoms with E-state index >= 15 is 0 Å². The van der Waals surface area contributed by atoms with E-state index in [0.717, 1.165) is 36.9 Å². The molecule has 1 aliphatic rings. The van der Waals surface area contributed by atoms with E-state index in [1.165, 1.54) is 25.7 Å². The van der Waals surface area contributed by atoms with Crippen molar-refractivity contribution in [3.63, 3.8) is 0 Å². The summed E-state index contributed by atoms with van der Waals surface area (Å²) in [5, 5.41) is 3.43. The summed E-state index contributed by atoms with van der Waals surface area (Å²) < 4.78 is 5.61. The van der Waals surface area contributed by atoms with Gasteiger partial charge in [-0.1, -0.05) is 19.8 Å². The summed E-state index contributed by atoms with van der Waals surface area (Å²) in [5.74, 6) is 3.21. The molecule has 0 amide bonds. The van der Waals surface area contributed by atoms with E-state index in [2.05, 4.69) is 24.4 Å². The van der Waals surface area contributed by atoms with E-state index in [1.54, 1.807) is 0 Å². The first-order chi connectivity index (χ1) is 7.38. The Morgan fingerprint density at radius 2 is 2.13 bits per heavy atom. The molecule has 1 aliphatic carbocycles. The van der Waals surface area contributed by atoms with Crippen molar-refractivity contribution in [1.29, 1.82) is 0 Å². The summed E-state index contributed by atoms with van der Waals surface area (Å²) in [7, 11) is 0. The molecule has 0 radical (unpaired) electrons. The van der Waals surface area contributed by atoms with Gasteiger partial charge in [0, 0.05) is 6.42 Å². The van der Waals surface area contributed by atoms with Crippen LogP contribution in [0, 0.1) is 5.92 Å². The van der Waals surface area contributed by atoms with Gasteiger partial charge in [-0.2, -0.15) is 0 Å². The Labute approximate surface area is 92.1 Å². The molecule has 1 aromatic heterocycles. The Morgan fingerprint density at radius 1 is 1.33 bits per heavy atom. The Bertz CT molecular complexity index is 288. The van der Waals surface area contributed by atoms with Crippen molar-refractivity contribution in [2.24, 2.45) is 5.92 Å². The molecule has 0 bridgehead atoms. The van der Waals surface area contributed by atoms with Crippen molar-refractivity contribution in [3.8, 4) is 0 Å². The second-order valence-corrected chi connectivity index (χ2v) is 4.48. The van der Waals surface area contributed by atoms with Gasteiger partial charge in [0.2, 0.25) is 0 Å². The standard InChI is InChI=1S/C13H21NO/c1-2-12-7-8-13(15-12)10-14-9-3-4-11-5-6-11/h7-8,11,14H,2-6,9-10H2,1H3. The first-order valence-corrected chi connectivity index (χ1v) is 6.16. The fraction of sp³-hybridized carbons (Fsp3) is 0.692. The summed E-state index contributed by atoms with van der Waals surface area (Å²) in [6, 6.07) is 4.15. The molecule has 1 aromatic rings. The molecule has 0 aliphatic heterocycles. The van der Waals surface area contributed by atoms with Crippen LogP contribution in [0.5, 0.6) is 0 Å². The Kier molecular flexibility index (Phi) is 3.84. The third-order valence-corrected chi connectivity index (χ3v) is 3.03. The van der Waals surface area contributed by atoms with Crippen molar-refractivity contribution in [2.45, 2.75) is 45.6 Å². The number of aryl methyl sites for hydroxylation is 1. The lowest BCUT2D eigenvalue weighted by Gasteiger charge is -2.01. The molecule has 0 unspecified atom stereocenters. The molecule has 0 atom stereocenters. The fourth-order valence-electron chi connectivity index (χ4n) is 1.84. The summed E-state index contributed by atoms with van der Waals surface area (Å²) in [6.07, 6.45) is 6.65. The zero-order valence-electron chi connectivity index (χ0n) is 9.59. The van der Waals surface area contributed by atoms with Crippen LogP contribution in [0.15, 0.2) is 16.5 Å². The smallest absolute Gasteiger partial charge is 0.117 e. The van der Waals surface area contributed by atoms with Crippen LogP contribution in [-0.2, 0) is 13.0 Å². The minimum absolute atomic E-state index is 0.880. The van der Waals surface area contributed by atoms with Crippen LogP contribution in [0.4, 0.5) is 0 Å². The molecule has 0 saturated heterocycles. The summed E-state index contributed by atoms with van der Waals surface area (Å²) in [6.45, 7) is 4.12. The number of furan rings is 1. The highest BCUT2D eigenvalue weighted by Gasteiger charge is 2.19. The highest BCUT2D eigenvalue weighted by molar-refractivity contribution is 5.06. The molecular weight excluding hydrogens is 186 g/mol. The van der Waals surface area contributed by atoms with Crippen LogP contribution in [0.3, 0.4) is 0 Å². The molecule has 0 aromatic carbocycles. The maximum Gasteiger partial charge on any atom is 0.117 e. The first kappa shape index (κ1) is 10.7. The Balaban J connectivity index is 1.56. The van der Waals surface area contributed by atoms with Crippen LogP contribution in [0.2, 0.25) is 0 Å². The SMILES string of the molecule is CCc1ccc(CNCCCC2CC2)o1. The quantitative estimate of drug-likeness (QED) is 0.695. The largest absolute Gasteiger partial charge is 0.465 e. The maximum absolute atomic E-state index is 5.61. The predicted molar refractivity (Wildman–Crippen MR) is 61.8 cm³/mol. The van der Waals surface area contributed by atoms with Gasteiger partial charge >= 0.3 is 0 Å². The maximum atomic E-state index is 5.61. The van der Waals surface area contributed by atoms with Crippen molar-refractivity contribution < 1.29 is 4.42 Å². The van der Waals surface area contributed by atoms with E-state index in [1.807, 2.05) is 0 Å². The normalized spacial score (nSPS) is 15.8.